The summed E-state index contributed by atoms with van der Waals surface area (Å²) in [4.78, 5) is 14.3. The van der Waals surface area contributed by atoms with Gasteiger partial charge in [0, 0.05) is 40.6 Å². The molecule has 0 saturated carbocycles. The van der Waals surface area contributed by atoms with E-state index in [1.807, 2.05) is 50.8 Å². The third-order valence-corrected chi connectivity index (χ3v) is 6.04. The van der Waals surface area contributed by atoms with Crippen molar-refractivity contribution in [3.8, 4) is 17.2 Å². The van der Waals surface area contributed by atoms with Gasteiger partial charge < -0.3 is 9.64 Å². The zero-order valence-corrected chi connectivity index (χ0v) is 19.7. The third kappa shape index (κ3) is 4.17. The van der Waals surface area contributed by atoms with Crippen LogP contribution in [0, 0.1) is 18.3 Å². The number of likely N-dealkylation sites (tertiary alicyclic amines) is 1. The Balaban J connectivity index is 1.61. The minimum Gasteiger partial charge on any atom is -0.444 e. The molecule has 1 aliphatic heterocycles. The number of rotatable bonds is 2. The predicted octanol–water partition coefficient (Wildman–Crippen LogP) is 4.71. The van der Waals surface area contributed by atoms with E-state index in [-0.39, 0.29) is 12.1 Å². The van der Waals surface area contributed by atoms with Crippen molar-refractivity contribution in [1.29, 1.82) is 5.26 Å². The van der Waals surface area contributed by atoms with Crippen molar-refractivity contribution in [2.45, 2.75) is 52.2 Å². The van der Waals surface area contributed by atoms with Gasteiger partial charge in [-0.3, -0.25) is 4.68 Å². The minimum absolute atomic E-state index is 0.0945. The number of nitriles is 1. The van der Waals surface area contributed by atoms with Crippen molar-refractivity contribution in [2.24, 2.45) is 0 Å². The molecule has 0 aliphatic carbocycles. The number of nitrogens with zero attached hydrogens (tertiary/aromatic N) is 6. The lowest BCUT2D eigenvalue weighted by Gasteiger charge is -2.34. The molecule has 1 amide bonds. The molecule has 1 saturated heterocycles. The molecule has 1 aliphatic rings. The highest BCUT2D eigenvalue weighted by Gasteiger charge is 2.29. The van der Waals surface area contributed by atoms with Gasteiger partial charge in [-0.25, -0.2) is 9.31 Å². The SMILES string of the molecule is Cc1c(-c2cc(Br)c3c(C#N)cnn3c2)cnn1[C@H]1CCCN(C(=O)OC(C)(C)C)C1. The van der Waals surface area contributed by atoms with Crippen LogP contribution in [0.5, 0.6) is 0 Å². The highest BCUT2D eigenvalue weighted by Crippen LogP contribution is 2.32. The average Bonchev–Trinajstić information content (AvgIpc) is 3.30. The molecule has 162 valence electrons. The number of aromatic nitrogens is 4. The molecule has 1 atom stereocenters. The average molecular weight is 485 g/mol. The van der Waals surface area contributed by atoms with Crippen molar-refractivity contribution in [3.05, 3.63) is 40.4 Å². The first kappa shape index (κ1) is 21.4. The molecule has 3 aromatic heterocycles. The van der Waals surface area contributed by atoms with E-state index in [0.717, 1.165) is 39.7 Å². The molecule has 1 fully saturated rings. The third-order valence-electron chi connectivity index (χ3n) is 5.44. The quantitative estimate of drug-likeness (QED) is 0.525. The van der Waals surface area contributed by atoms with E-state index in [2.05, 4.69) is 32.2 Å². The predicted molar refractivity (Wildman–Crippen MR) is 120 cm³/mol. The lowest BCUT2D eigenvalue weighted by Crippen LogP contribution is -2.43. The fourth-order valence-corrected chi connectivity index (χ4v) is 4.66. The maximum atomic E-state index is 12.5. The molecule has 31 heavy (non-hydrogen) atoms. The number of pyridine rings is 1. The smallest absolute Gasteiger partial charge is 0.410 e. The van der Waals surface area contributed by atoms with Crippen LogP contribution < -0.4 is 0 Å². The Hall–Kier alpha value is -2.86. The maximum absolute atomic E-state index is 12.5. The number of halogens is 1. The van der Waals surface area contributed by atoms with Gasteiger partial charge in [0.15, 0.2) is 0 Å². The molecule has 3 aromatic rings. The lowest BCUT2D eigenvalue weighted by atomic mass is 10.0. The van der Waals surface area contributed by atoms with Crippen molar-refractivity contribution in [3.63, 3.8) is 0 Å². The first-order chi connectivity index (χ1) is 14.7. The van der Waals surface area contributed by atoms with Crippen LogP contribution in [-0.4, -0.2) is 49.1 Å². The number of ether oxygens (including phenoxy) is 1. The first-order valence-corrected chi connectivity index (χ1v) is 11.1. The number of amides is 1. The van der Waals surface area contributed by atoms with Crippen LogP contribution in [0.1, 0.15) is 50.9 Å². The molecule has 0 radical (unpaired) electrons. The summed E-state index contributed by atoms with van der Waals surface area (Å²) in [7, 11) is 0. The topological polar surface area (TPSA) is 88.5 Å². The fourth-order valence-electron chi connectivity index (χ4n) is 4.02. The van der Waals surface area contributed by atoms with Gasteiger partial charge >= 0.3 is 6.09 Å². The Kier molecular flexibility index (Phi) is 5.52. The van der Waals surface area contributed by atoms with Gasteiger partial charge in [0.25, 0.3) is 0 Å². The molecule has 0 spiro atoms. The van der Waals surface area contributed by atoms with Crippen LogP contribution in [-0.2, 0) is 4.74 Å². The van der Waals surface area contributed by atoms with Crippen LogP contribution in [0.2, 0.25) is 0 Å². The van der Waals surface area contributed by atoms with E-state index in [1.54, 1.807) is 15.6 Å². The Labute approximate surface area is 189 Å². The molecule has 4 heterocycles. The zero-order chi connectivity index (χ0) is 22.3. The highest BCUT2D eigenvalue weighted by molar-refractivity contribution is 9.10. The van der Waals surface area contributed by atoms with Crippen molar-refractivity contribution < 1.29 is 9.53 Å². The second-order valence-electron chi connectivity index (χ2n) is 8.85. The van der Waals surface area contributed by atoms with Gasteiger partial charge in [-0.1, -0.05) is 0 Å². The summed E-state index contributed by atoms with van der Waals surface area (Å²) in [5.41, 5.74) is 3.73. The zero-order valence-electron chi connectivity index (χ0n) is 18.1. The first-order valence-electron chi connectivity index (χ1n) is 10.3. The van der Waals surface area contributed by atoms with Gasteiger partial charge in [-0.05, 0) is 62.5 Å². The van der Waals surface area contributed by atoms with E-state index in [4.69, 9.17) is 4.74 Å². The van der Waals surface area contributed by atoms with Crippen LogP contribution >= 0.6 is 15.9 Å². The van der Waals surface area contributed by atoms with E-state index >= 15 is 0 Å². The molecule has 0 aromatic carbocycles. The molecule has 0 bridgehead atoms. The van der Waals surface area contributed by atoms with Gasteiger partial charge in [0.1, 0.15) is 11.7 Å². The molecule has 8 nitrogen and oxygen atoms in total. The Morgan fingerprint density at radius 1 is 1.32 bits per heavy atom. The number of hydrogen-bond acceptors (Lipinski definition) is 5. The van der Waals surface area contributed by atoms with Crippen LogP contribution in [0.4, 0.5) is 4.79 Å². The van der Waals surface area contributed by atoms with Gasteiger partial charge in [0.2, 0.25) is 0 Å². The van der Waals surface area contributed by atoms with Crippen molar-refractivity contribution >= 4 is 27.5 Å². The Morgan fingerprint density at radius 2 is 2.10 bits per heavy atom. The van der Waals surface area contributed by atoms with Crippen molar-refractivity contribution in [1.82, 2.24) is 24.3 Å². The van der Waals surface area contributed by atoms with E-state index in [1.165, 1.54) is 0 Å². The summed E-state index contributed by atoms with van der Waals surface area (Å²) in [5, 5.41) is 18.2. The van der Waals surface area contributed by atoms with Crippen LogP contribution in [0.25, 0.3) is 16.6 Å². The molecule has 4 rings (SSSR count). The number of carbonyl (C=O) groups is 1. The summed E-state index contributed by atoms with van der Waals surface area (Å²) in [6.45, 7) is 8.95. The number of hydrogen-bond donors (Lipinski definition) is 0. The second-order valence-corrected chi connectivity index (χ2v) is 9.70. The largest absolute Gasteiger partial charge is 0.444 e. The van der Waals surface area contributed by atoms with Gasteiger partial charge in [0.05, 0.1) is 29.5 Å². The molecular formula is C22H25BrN6O2. The summed E-state index contributed by atoms with van der Waals surface area (Å²) >= 11 is 3.57. The van der Waals surface area contributed by atoms with E-state index in [9.17, 15) is 10.1 Å². The van der Waals surface area contributed by atoms with Gasteiger partial charge in [-0.15, -0.1) is 0 Å². The summed E-state index contributed by atoms with van der Waals surface area (Å²) < 4.78 is 10.1. The molecule has 0 unspecified atom stereocenters. The summed E-state index contributed by atoms with van der Waals surface area (Å²) in [6, 6.07) is 4.24. The van der Waals surface area contributed by atoms with E-state index in [0.29, 0.717) is 18.7 Å². The number of fused-ring (bicyclic) bond motifs is 1. The summed E-state index contributed by atoms with van der Waals surface area (Å²) in [5.74, 6) is 0. The fraction of sp³-hybridized carbons (Fsp3) is 0.455. The number of piperidine rings is 1. The van der Waals surface area contributed by atoms with Crippen LogP contribution in [0.15, 0.2) is 29.1 Å². The normalized spacial score (nSPS) is 17.0. The lowest BCUT2D eigenvalue weighted by molar-refractivity contribution is 0.0166. The van der Waals surface area contributed by atoms with Gasteiger partial charge in [-0.2, -0.15) is 15.5 Å². The Bertz CT molecular complexity index is 1180. The second kappa shape index (κ2) is 8.00. The maximum Gasteiger partial charge on any atom is 0.410 e. The molecule has 0 N–H and O–H groups in total. The van der Waals surface area contributed by atoms with Crippen LogP contribution in [0.3, 0.4) is 0 Å². The minimum atomic E-state index is -0.511. The monoisotopic (exact) mass is 484 g/mol. The van der Waals surface area contributed by atoms with E-state index < -0.39 is 5.60 Å². The molecule has 9 heteroatoms. The Morgan fingerprint density at radius 3 is 2.81 bits per heavy atom. The number of carbonyl (C=O) groups excluding carboxylic acids is 1. The molecular weight excluding hydrogens is 460 g/mol. The standard InChI is InChI=1S/C22H25BrN6O2/c1-14-18(15-8-19(23)20-16(9-24)10-25-28(20)12-15)11-26-29(14)17-6-5-7-27(13-17)21(30)31-22(2,3)4/h8,10-12,17H,5-7,13H2,1-4H3/t17-/m0/s1. The van der Waals surface area contributed by atoms with Crippen molar-refractivity contribution in [2.75, 3.05) is 13.1 Å². The highest BCUT2D eigenvalue weighted by atomic mass is 79.9. The summed E-state index contributed by atoms with van der Waals surface area (Å²) in [6.07, 6.45) is 6.90.